The molecule has 7 heteroatoms. The molecule has 2 amide bonds. The van der Waals surface area contributed by atoms with Gasteiger partial charge in [0.25, 0.3) is 0 Å². The highest BCUT2D eigenvalue weighted by Crippen LogP contribution is 2.31. The Kier molecular flexibility index (Phi) is 5.88. The number of rotatable bonds is 4. The van der Waals surface area contributed by atoms with Crippen molar-refractivity contribution in [1.29, 1.82) is 0 Å². The van der Waals surface area contributed by atoms with Gasteiger partial charge in [-0.1, -0.05) is 18.0 Å². The Morgan fingerprint density at radius 2 is 2.04 bits per heavy atom. The van der Waals surface area contributed by atoms with Gasteiger partial charge in [0.2, 0.25) is 11.8 Å². The summed E-state index contributed by atoms with van der Waals surface area (Å²) in [5.41, 5.74) is 0.539. The molecular weight excluding hydrogens is 381 g/mol. The molecule has 3 saturated heterocycles. The molecule has 0 radical (unpaired) electrons. The third kappa shape index (κ3) is 4.03. The molecule has 152 valence electrons. The minimum atomic E-state index is -0.518. The smallest absolute Gasteiger partial charge is 0.227 e. The predicted octanol–water partition coefficient (Wildman–Crippen LogP) is 3.21. The number of carbonyl (C=O) groups excluding carboxylic acids is 2. The Morgan fingerprint density at radius 1 is 1.21 bits per heavy atom. The van der Waals surface area contributed by atoms with Crippen molar-refractivity contribution in [2.45, 2.75) is 44.6 Å². The summed E-state index contributed by atoms with van der Waals surface area (Å²) >= 11 is 5.83. The highest BCUT2D eigenvalue weighted by Gasteiger charge is 2.37. The molecule has 1 aromatic carbocycles. The fourth-order valence-corrected chi connectivity index (χ4v) is 5.15. The first-order chi connectivity index (χ1) is 13.5. The topological polar surface area (TPSA) is 52.7 Å². The molecule has 4 rings (SSSR count). The Hall–Kier alpha value is -1.66. The Labute approximate surface area is 170 Å². The molecule has 3 aliphatic rings. The molecule has 28 heavy (non-hydrogen) atoms. The molecule has 0 bridgehead atoms. The van der Waals surface area contributed by atoms with Crippen LogP contribution in [-0.4, -0.2) is 48.9 Å². The maximum Gasteiger partial charge on any atom is 0.227 e. The fourth-order valence-electron chi connectivity index (χ4n) is 4.98. The van der Waals surface area contributed by atoms with Gasteiger partial charge in [0, 0.05) is 31.2 Å². The maximum absolute atomic E-state index is 13.4. The zero-order chi connectivity index (χ0) is 19.7. The van der Waals surface area contributed by atoms with Gasteiger partial charge in [0.15, 0.2) is 0 Å². The zero-order valence-electron chi connectivity index (χ0n) is 16.0. The molecule has 1 N–H and O–H groups in total. The summed E-state index contributed by atoms with van der Waals surface area (Å²) in [6, 6.07) is 4.80. The lowest BCUT2D eigenvalue weighted by molar-refractivity contribution is -0.126. The van der Waals surface area contributed by atoms with Crippen LogP contribution in [0.4, 0.5) is 10.1 Å². The van der Waals surface area contributed by atoms with Gasteiger partial charge in [0.05, 0.1) is 10.9 Å². The van der Waals surface area contributed by atoms with Gasteiger partial charge in [-0.15, -0.1) is 0 Å². The van der Waals surface area contributed by atoms with Gasteiger partial charge in [-0.2, -0.15) is 0 Å². The lowest BCUT2D eigenvalue weighted by Crippen LogP contribution is -2.51. The SMILES string of the molecule is O=C(NC[C@@H]1CCCN2CCCCC12)C1CC(=O)N(c2ccc(F)c(Cl)c2)C1. The Morgan fingerprint density at radius 3 is 2.86 bits per heavy atom. The van der Waals surface area contributed by atoms with Crippen LogP contribution >= 0.6 is 11.6 Å². The molecular formula is C21H27ClFN3O2. The third-order valence-electron chi connectivity index (χ3n) is 6.48. The number of piperidine rings is 2. The van der Waals surface area contributed by atoms with Gasteiger partial charge in [0.1, 0.15) is 5.82 Å². The molecule has 5 nitrogen and oxygen atoms in total. The number of benzene rings is 1. The van der Waals surface area contributed by atoms with Crippen LogP contribution < -0.4 is 10.2 Å². The molecule has 3 aliphatic heterocycles. The van der Waals surface area contributed by atoms with E-state index in [1.807, 2.05) is 0 Å². The highest BCUT2D eigenvalue weighted by atomic mass is 35.5. The first-order valence-corrected chi connectivity index (χ1v) is 10.7. The van der Waals surface area contributed by atoms with E-state index in [9.17, 15) is 14.0 Å². The summed E-state index contributed by atoms with van der Waals surface area (Å²) in [6.45, 7) is 3.36. The monoisotopic (exact) mass is 407 g/mol. The predicted molar refractivity (Wildman–Crippen MR) is 107 cm³/mol. The molecule has 3 fully saturated rings. The summed E-state index contributed by atoms with van der Waals surface area (Å²) in [7, 11) is 0. The van der Waals surface area contributed by atoms with Gasteiger partial charge in [-0.3, -0.25) is 9.59 Å². The van der Waals surface area contributed by atoms with Crippen LogP contribution in [0.1, 0.15) is 38.5 Å². The van der Waals surface area contributed by atoms with Gasteiger partial charge in [-0.25, -0.2) is 4.39 Å². The molecule has 3 atom stereocenters. The summed E-state index contributed by atoms with van der Waals surface area (Å²) < 4.78 is 13.4. The van der Waals surface area contributed by atoms with Gasteiger partial charge < -0.3 is 15.1 Å². The zero-order valence-corrected chi connectivity index (χ0v) is 16.8. The second-order valence-corrected chi connectivity index (χ2v) is 8.66. The average molecular weight is 408 g/mol. The second kappa shape index (κ2) is 8.37. The Bertz CT molecular complexity index is 757. The summed E-state index contributed by atoms with van der Waals surface area (Å²) in [4.78, 5) is 29.2. The number of carbonyl (C=O) groups is 2. The summed E-state index contributed by atoms with van der Waals surface area (Å²) in [5.74, 6) is -0.573. The van der Waals surface area contributed by atoms with Crippen LogP contribution in [0, 0.1) is 17.7 Å². The van der Waals surface area contributed by atoms with Crippen LogP contribution in [0.25, 0.3) is 0 Å². The fraction of sp³-hybridized carbons (Fsp3) is 0.619. The van der Waals surface area contributed by atoms with Crippen molar-refractivity contribution in [3.8, 4) is 0 Å². The van der Waals surface area contributed by atoms with Crippen molar-refractivity contribution in [3.63, 3.8) is 0 Å². The molecule has 1 aromatic rings. The normalized spacial score (nSPS) is 28.3. The Balaban J connectivity index is 1.34. The van der Waals surface area contributed by atoms with Crippen molar-refractivity contribution in [2.75, 3.05) is 31.1 Å². The molecule has 0 saturated carbocycles. The van der Waals surface area contributed by atoms with Crippen molar-refractivity contribution in [3.05, 3.63) is 29.0 Å². The number of nitrogens with one attached hydrogen (secondary N) is 1. The summed E-state index contributed by atoms with van der Waals surface area (Å²) in [6.07, 6.45) is 6.31. The van der Waals surface area contributed by atoms with E-state index in [-0.39, 0.29) is 29.2 Å². The quantitative estimate of drug-likeness (QED) is 0.833. The van der Waals surface area contributed by atoms with Crippen molar-refractivity contribution < 1.29 is 14.0 Å². The number of fused-ring (bicyclic) bond motifs is 1. The number of hydrogen-bond donors (Lipinski definition) is 1. The maximum atomic E-state index is 13.4. The van der Waals surface area contributed by atoms with E-state index < -0.39 is 5.82 Å². The van der Waals surface area contributed by atoms with Gasteiger partial charge >= 0.3 is 0 Å². The van der Waals surface area contributed by atoms with E-state index in [1.165, 1.54) is 61.9 Å². The van der Waals surface area contributed by atoms with Crippen LogP contribution in [0.2, 0.25) is 5.02 Å². The van der Waals surface area contributed by atoms with E-state index in [0.29, 0.717) is 30.7 Å². The molecule has 2 unspecified atom stereocenters. The molecule has 0 aliphatic carbocycles. The van der Waals surface area contributed by atoms with Crippen molar-refractivity contribution in [1.82, 2.24) is 10.2 Å². The van der Waals surface area contributed by atoms with E-state index in [4.69, 9.17) is 11.6 Å². The van der Waals surface area contributed by atoms with Crippen LogP contribution in [0.3, 0.4) is 0 Å². The molecule has 0 spiro atoms. The highest BCUT2D eigenvalue weighted by molar-refractivity contribution is 6.31. The first kappa shape index (κ1) is 19.6. The van der Waals surface area contributed by atoms with Crippen LogP contribution in [0.5, 0.6) is 0 Å². The van der Waals surface area contributed by atoms with Crippen molar-refractivity contribution >= 4 is 29.1 Å². The number of nitrogens with zero attached hydrogens (tertiary/aromatic N) is 2. The first-order valence-electron chi connectivity index (χ1n) is 10.3. The van der Waals surface area contributed by atoms with Crippen LogP contribution in [-0.2, 0) is 9.59 Å². The van der Waals surface area contributed by atoms with E-state index >= 15 is 0 Å². The average Bonchev–Trinajstić information content (AvgIpc) is 3.10. The standard InChI is InChI=1S/C21H27ClFN3O2/c22-17-11-16(6-7-18(17)23)26-13-15(10-20(26)27)21(28)24-12-14-4-3-9-25-8-2-1-5-19(14)25/h6-7,11,14-15,19H,1-5,8-10,12-13H2,(H,24,28)/t14-,15?,19?/m0/s1. The number of halogens is 2. The minimum absolute atomic E-state index is 0.0208. The second-order valence-electron chi connectivity index (χ2n) is 8.25. The lowest BCUT2D eigenvalue weighted by Gasteiger charge is -2.44. The largest absolute Gasteiger partial charge is 0.355 e. The number of amides is 2. The molecule has 0 aromatic heterocycles. The minimum Gasteiger partial charge on any atom is -0.355 e. The van der Waals surface area contributed by atoms with Crippen molar-refractivity contribution in [2.24, 2.45) is 11.8 Å². The lowest BCUT2D eigenvalue weighted by atomic mass is 9.83. The third-order valence-corrected chi connectivity index (χ3v) is 6.77. The van der Waals surface area contributed by atoms with Gasteiger partial charge in [-0.05, 0) is 62.9 Å². The van der Waals surface area contributed by atoms with E-state index in [2.05, 4.69) is 10.2 Å². The summed E-state index contributed by atoms with van der Waals surface area (Å²) in [5, 5.41) is 3.09. The number of hydrogen-bond acceptors (Lipinski definition) is 3. The molecule has 3 heterocycles. The van der Waals surface area contributed by atoms with E-state index in [1.54, 1.807) is 0 Å². The number of anilines is 1. The van der Waals surface area contributed by atoms with E-state index in [0.717, 1.165) is 6.42 Å². The van der Waals surface area contributed by atoms with Crippen LogP contribution in [0.15, 0.2) is 18.2 Å².